The molecule has 0 saturated carbocycles. The molecule has 1 fully saturated rings. The molecular formula is C23H24N4O4S. The number of para-hydroxylation sites is 1. The van der Waals surface area contributed by atoms with Crippen molar-refractivity contribution in [1.82, 2.24) is 14.1 Å². The van der Waals surface area contributed by atoms with Gasteiger partial charge in [-0.25, -0.2) is 13.1 Å². The summed E-state index contributed by atoms with van der Waals surface area (Å²) in [5.74, 6) is 0.517. The number of fused-ring (bicyclic) bond motifs is 1. The van der Waals surface area contributed by atoms with Crippen LogP contribution in [0.3, 0.4) is 0 Å². The van der Waals surface area contributed by atoms with Crippen LogP contribution in [0.1, 0.15) is 24.8 Å². The van der Waals surface area contributed by atoms with Crippen LogP contribution < -0.4 is 10.1 Å². The average Bonchev–Trinajstić information content (AvgIpc) is 3.50. The first-order chi connectivity index (χ1) is 15.5. The summed E-state index contributed by atoms with van der Waals surface area (Å²) in [6, 6.07) is 14.1. The predicted molar refractivity (Wildman–Crippen MR) is 119 cm³/mol. The Morgan fingerprint density at radius 3 is 2.81 bits per heavy atom. The van der Waals surface area contributed by atoms with Gasteiger partial charge in [0, 0.05) is 18.7 Å². The summed E-state index contributed by atoms with van der Waals surface area (Å²) in [5, 5.41) is 7.12. The van der Waals surface area contributed by atoms with Gasteiger partial charge in [-0.2, -0.15) is 9.40 Å². The Morgan fingerprint density at radius 1 is 1.12 bits per heavy atom. The Bertz CT molecular complexity index is 1240. The highest BCUT2D eigenvalue weighted by Crippen LogP contribution is 2.30. The number of benzene rings is 2. The van der Waals surface area contributed by atoms with Crippen molar-refractivity contribution in [2.45, 2.75) is 36.6 Å². The molecular weight excluding hydrogens is 428 g/mol. The topological polar surface area (TPSA) is 93.5 Å². The lowest BCUT2D eigenvalue weighted by Gasteiger charge is -2.33. The molecule has 1 aromatic heterocycles. The lowest BCUT2D eigenvalue weighted by molar-refractivity contribution is -0.120. The van der Waals surface area contributed by atoms with Gasteiger partial charge in [0.05, 0.1) is 24.7 Å². The number of carbonyl (C=O) groups is 1. The maximum Gasteiger partial charge on any atom is 0.246 e. The van der Waals surface area contributed by atoms with Crippen molar-refractivity contribution >= 4 is 21.6 Å². The Labute approximate surface area is 186 Å². The zero-order chi connectivity index (χ0) is 22.1. The molecule has 1 saturated heterocycles. The van der Waals surface area contributed by atoms with Gasteiger partial charge in [-0.1, -0.05) is 24.6 Å². The van der Waals surface area contributed by atoms with E-state index >= 15 is 0 Å². The maximum absolute atomic E-state index is 13.4. The highest BCUT2D eigenvalue weighted by atomic mass is 32.2. The lowest BCUT2D eigenvalue weighted by atomic mass is 10.0. The Balaban J connectivity index is 1.38. The fourth-order valence-electron chi connectivity index (χ4n) is 4.24. The van der Waals surface area contributed by atoms with Gasteiger partial charge in [-0.15, -0.1) is 0 Å². The van der Waals surface area contributed by atoms with Crippen molar-refractivity contribution in [2.75, 3.05) is 18.5 Å². The van der Waals surface area contributed by atoms with E-state index in [1.54, 1.807) is 6.07 Å². The van der Waals surface area contributed by atoms with Gasteiger partial charge in [0.1, 0.15) is 16.7 Å². The number of anilines is 1. The fraction of sp³-hybridized carbons (Fsp3) is 0.304. The first kappa shape index (κ1) is 20.7. The highest BCUT2D eigenvalue weighted by Gasteiger charge is 2.38. The van der Waals surface area contributed by atoms with Crippen LogP contribution in [0, 0.1) is 0 Å². The smallest absolute Gasteiger partial charge is 0.246 e. The number of amides is 1. The molecule has 2 aliphatic heterocycles. The number of carbonyl (C=O) groups excluding carboxylic acids is 1. The number of rotatable bonds is 5. The number of nitrogens with zero attached hydrogens (tertiary/aromatic N) is 3. The molecule has 2 aliphatic rings. The third-order valence-corrected chi connectivity index (χ3v) is 7.76. The monoisotopic (exact) mass is 452 g/mol. The minimum atomic E-state index is -3.88. The van der Waals surface area contributed by atoms with E-state index in [0.29, 0.717) is 31.7 Å². The van der Waals surface area contributed by atoms with E-state index in [1.807, 2.05) is 42.5 Å². The van der Waals surface area contributed by atoms with Crippen LogP contribution in [0.25, 0.3) is 5.69 Å². The van der Waals surface area contributed by atoms with E-state index in [4.69, 9.17) is 4.74 Å². The van der Waals surface area contributed by atoms with Crippen molar-refractivity contribution in [3.05, 3.63) is 66.5 Å². The molecule has 8 nitrogen and oxygen atoms in total. The molecule has 1 atom stereocenters. The van der Waals surface area contributed by atoms with E-state index in [1.165, 1.54) is 21.4 Å². The van der Waals surface area contributed by atoms with Crippen molar-refractivity contribution in [2.24, 2.45) is 0 Å². The van der Waals surface area contributed by atoms with Crippen molar-refractivity contribution < 1.29 is 17.9 Å². The molecule has 1 unspecified atom stereocenters. The molecule has 3 heterocycles. The molecule has 1 N–H and O–H groups in total. The van der Waals surface area contributed by atoms with Crippen molar-refractivity contribution in [3.8, 4) is 11.4 Å². The first-order valence-electron chi connectivity index (χ1n) is 10.7. The van der Waals surface area contributed by atoms with Gasteiger partial charge in [0.15, 0.2) is 0 Å². The van der Waals surface area contributed by atoms with Crippen LogP contribution in [-0.4, -0.2) is 47.6 Å². The van der Waals surface area contributed by atoms with Gasteiger partial charge in [0.25, 0.3) is 0 Å². The molecule has 3 aromatic rings. The van der Waals surface area contributed by atoms with Crippen LogP contribution in [0.5, 0.6) is 5.75 Å². The fourth-order valence-corrected chi connectivity index (χ4v) is 5.83. The van der Waals surface area contributed by atoms with Gasteiger partial charge in [0.2, 0.25) is 15.9 Å². The summed E-state index contributed by atoms with van der Waals surface area (Å²) in [6.07, 6.45) is 5.62. The molecule has 0 bridgehead atoms. The van der Waals surface area contributed by atoms with E-state index < -0.39 is 16.1 Å². The second-order valence-corrected chi connectivity index (χ2v) is 9.88. The first-order valence-corrected chi connectivity index (χ1v) is 12.1. The normalized spacial score (nSPS) is 18.7. The largest absolute Gasteiger partial charge is 0.493 e. The molecule has 5 rings (SSSR count). The maximum atomic E-state index is 13.4. The molecule has 0 radical (unpaired) electrons. The number of ether oxygens (including phenoxy) is 1. The van der Waals surface area contributed by atoms with E-state index in [-0.39, 0.29) is 10.8 Å². The molecule has 0 aliphatic carbocycles. The van der Waals surface area contributed by atoms with Crippen LogP contribution >= 0.6 is 0 Å². The molecule has 0 spiro atoms. The number of piperidine rings is 1. The molecule has 166 valence electrons. The minimum Gasteiger partial charge on any atom is -0.493 e. The van der Waals surface area contributed by atoms with Crippen molar-refractivity contribution in [3.63, 3.8) is 0 Å². The van der Waals surface area contributed by atoms with Crippen LogP contribution in [0.2, 0.25) is 0 Å². The summed E-state index contributed by atoms with van der Waals surface area (Å²) < 4.78 is 35.2. The zero-order valence-corrected chi connectivity index (χ0v) is 18.3. The van der Waals surface area contributed by atoms with Gasteiger partial charge < -0.3 is 10.1 Å². The van der Waals surface area contributed by atoms with Crippen LogP contribution in [0.15, 0.2) is 65.8 Å². The third-order valence-electron chi connectivity index (χ3n) is 5.90. The quantitative estimate of drug-likeness (QED) is 0.642. The van der Waals surface area contributed by atoms with Crippen LogP contribution in [0.4, 0.5) is 5.69 Å². The number of sulfonamides is 1. The van der Waals surface area contributed by atoms with Gasteiger partial charge >= 0.3 is 0 Å². The summed E-state index contributed by atoms with van der Waals surface area (Å²) in [6.45, 7) is 0.938. The second-order valence-electron chi connectivity index (χ2n) is 7.99. The van der Waals surface area contributed by atoms with E-state index in [0.717, 1.165) is 29.8 Å². The highest BCUT2D eigenvalue weighted by molar-refractivity contribution is 7.89. The average molecular weight is 453 g/mol. The molecule has 1 amide bonds. The summed E-state index contributed by atoms with van der Waals surface area (Å²) >= 11 is 0. The standard InChI is InChI=1S/C23H24N4O4S/c28-23(25-18-9-10-22-17(14-18)11-13-31-22)21-8-4-5-12-27(21)32(29,30)20-15-24-26(16-20)19-6-2-1-3-7-19/h1-3,6-7,9-10,14-16,21H,4-5,8,11-13H2,(H,25,28). The molecule has 2 aromatic carbocycles. The zero-order valence-electron chi connectivity index (χ0n) is 17.5. The third kappa shape index (κ3) is 3.89. The Hall–Kier alpha value is -3.17. The Morgan fingerprint density at radius 2 is 1.97 bits per heavy atom. The summed E-state index contributed by atoms with van der Waals surface area (Å²) in [5.41, 5.74) is 2.46. The van der Waals surface area contributed by atoms with Crippen molar-refractivity contribution in [1.29, 1.82) is 0 Å². The summed E-state index contributed by atoms with van der Waals surface area (Å²) in [7, 11) is -3.88. The number of hydrogen-bond donors (Lipinski definition) is 1. The van der Waals surface area contributed by atoms with E-state index in [2.05, 4.69) is 10.4 Å². The van der Waals surface area contributed by atoms with E-state index in [9.17, 15) is 13.2 Å². The number of nitrogens with one attached hydrogen (secondary N) is 1. The van der Waals surface area contributed by atoms with Gasteiger partial charge in [-0.05, 0) is 48.7 Å². The lowest BCUT2D eigenvalue weighted by Crippen LogP contribution is -2.49. The SMILES string of the molecule is O=C(Nc1ccc2c(c1)CCO2)C1CCCCN1S(=O)(=O)c1cnn(-c2ccccc2)c1. The molecule has 9 heteroatoms. The molecule has 32 heavy (non-hydrogen) atoms. The summed E-state index contributed by atoms with van der Waals surface area (Å²) in [4.78, 5) is 13.2. The Kier molecular flexibility index (Phi) is 5.44. The van der Waals surface area contributed by atoms with Gasteiger partial charge in [-0.3, -0.25) is 4.79 Å². The number of hydrogen-bond acceptors (Lipinski definition) is 5. The predicted octanol–water partition coefficient (Wildman–Crippen LogP) is 2.99. The number of aromatic nitrogens is 2. The van der Waals surface area contributed by atoms with Crippen LogP contribution in [-0.2, 0) is 21.2 Å². The minimum absolute atomic E-state index is 0.0794. The second kappa shape index (κ2) is 8.40.